The number of H-pyrrole nitrogens is 1. The summed E-state index contributed by atoms with van der Waals surface area (Å²) in [5.74, 6) is -0.178. The molecule has 0 saturated heterocycles. The van der Waals surface area contributed by atoms with Crippen molar-refractivity contribution in [3.05, 3.63) is 52.7 Å². The zero-order chi connectivity index (χ0) is 19.8. The summed E-state index contributed by atoms with van der Waals surface area (Å²) in [5, 5.41) is 21.9. The van der Waals surface area contributed by atoms with E-state index in [0.29, 0.717) is 22.5 Å². The Morgan fingerprint density at radius 3 is 2.89 bits per heavy atom. The summed E-state index contributed by atoms with van der Waals surface area (Å²) in [6.45, 7) is 1.93. The second-order valence-corrected chi connectivity index (χ2v) is 7.05. The lowest BCUT2D eigenvalue weighted by Crippen LogP contribution is -2.13. The maximum atomic E-state index is 15.5. The highest BCUT2D eigenvalue weighted by molar-refractivity contribution is 6.12. The average Bonchev–Trinajstić information content (AvgIpc) is 3.30. The van der Waals surface area contributed by atoms with Crippen LogP contribution >= 0.6 is 0 Å². The first kappa shape index (κ1) is 18.3. The van der Waals surface area contributed by atoms with Gasteiger partial charge >= 0.3 is 0 Å². The largest absolute Gasteiger partial charge is 0.393 e. The van der Waals surface area contributed by atoms with E-state index in [9.17, 15) is 0 Å². The molecule has 0 saturated carbocycles. The van der Waals surface area contributed by atoms with Crippen LogP contribution in [0.5, 0.6) is 0 Å². The zero-order valence-electron chi connectivity index (χ0n) is 16.2. The molecule has 1 atom stereocenters. The molecule has 2 heterocycles. The highest BCUT2D eigenvalue weighted by Gasteiger charge is 2.27. The summed E-state index contributed by atoms with van der Waals surface area (Å²) in [5.41, 5.74) is 5.84. The van der Waals surface area contributed by atoms with Crippen molar-refractivity contribution in [1.82, 2.24) is 25.8 Å². The van der Waals surface area contributed by atoms with Gasteiger partial charge in [-0.25, -0.2) is 4.39 Å². The standard InChI is InChI=1S/C21H23FN6/c1-11-6-14-13(4-5-16(14)25-3)20(22)19(11)17-7-15-18(10-26-17)27-28-21(15)12(8-23)9-24-2/h6-10,16,23-25H,4-5H2,1-3H3,(H,27,28)/b12-9+,23-8?. The highest BCUT2D eigenvalue weighted by atomic mass is 19.1. The third-order valence-corrected chi connectivity index (χ3v) is 5.44. The topological polar surface area (TPSA) is 89.5 Å². The number of hydrogen-bond donors (Lipinski definition) is 4. The summed E-state index contributed by atoms with van der Waals surface area (Å²) < 4.78 is 15.5. The molecule has 0 aliphatic heterocycles. The molecule has 0 spiro atoms. The van der Waals surface area contributed by atoms with Crippen LogP contribution in [0, 0.1) is 18.2 Å². The van der Waals surface area contributed by atoms with Gasteiger partial charge in [0.05, 0.1) is 17.4 Å². The van der Waals surface area contributed by atoms with Crippen LogP contribution in [-0.4, -0.2) is 35.5 Å². The lowest BCUT2D eigenvalue weighted by molar-refractivity contribution is 0.589. The number of aromatic nitrogens is 3. The quantitative estimate of drug-likeness (QED) is 0.512. The van der Waals surface area contributed by atoms with Gasteiger partial charge in [0.2, 0.25) is 0 Å². The van der Waals surface area contributed by atoms with Crippen molar-refractivity contribution in [1.29, 1.82) is 5.41 Å². The number of aromatic amines is 1. The smallest absolute Gasteiger partial charge is 0.136 e. The van der Waals surface area contributed by atoms with Crippen molar-refractivity contribution >= 4 is 22.7 Å². The Labute approximate surface area is 162 Å². The first-order valence-corrected chi connectivity index (χ1v) is 9.31. The van der Waals surface area contributed by atoms with E-state index in [2.05, 4.69) is 31.9 Å². The summed E-state index contributed by atoms with van der Waals surface area (Å²) in [4.78, 5) is 4.49. The SMILES string of the molecule is CN/C=C(\C=N)c1n[nH]c2cnc(-c3c(C)cc4c(c3F)CCC4NC)cc12. The molecule has 6 nitrogen and oxygen atoms in total. The van der Waals surface area contributed by atoms with Crippen molar-refractivity contribution < 1.29 is 4.39 Å². The number of pyridine rings is 1. The van der Waals surface area contributed by atoms with E-state index in [0.717, 1.165) is 40.4 Å². The Balaban J connectivity index is 1.89. The van der Waals surface area contributed by atoms with Crippen LogP contribution < -0.4 is 10.6 Å². The molecule has 0 bridgehead atoms. The van der Waals surface area contributed by atoms with Crippen LogP contribution in [0.25, 0.3) is 27.7 Å². The second-order valence-electron chi connectivity index (χ2n) is 7.05. The van der Waals surface area contributed by atoms with E-state index < -0.39 is 0 Å². The van der Waals surface area contributed by atoms with Crippen molar-refractivity contribution in [2.45, 2.75) is 25.8 Å². The molecule has 1 unspecified atom stereocenters. The number of rotatable bonds is 5. The molecule has 4 rings (SSSR count). The number of hydrogen-bond acceptors (Lipinski definition) is 5. The minimum absolute atomic E-state index is 0.178. The average molecular weight is 378 g/mol. The van der Waals surface area contributed by atoms with Gasteiger partial charge in [0.1, 0.15) is 11.5 Å². The monoisotopic (exact) mass is 378 g/mol. The molecule has 3 aromatic rings. The predicted molar refractivity (Wildman–Crippen MR) is 110 cm³/mol. The van der Waals surface area contributed by atoms with E-state index >= 15 is 4.39 Å². The molecular weight excluding hydrogens is 355 g/mol. The Morgan fingerprint density at radius 2 is 2.18 bits per heavy atom. The molecular formula is C21H23FN6. The number of aryl methyl sites for hydroxylation is 1. The fraction of sp³-hybridized carbons (Fsp3) is 0.286. The van der Waals surface area contributed by atoms with Gasteiger partial charge < -0.3 is 16.0 Å². The first-order chi connectivity index (χ1) is 13.6. The molecule has 0 amide bonds. The van der Waals surface area contributed by atoms with Gasteiger partial charge in [-0.05, 0) is 49.6 Å². The third kappa shape index (κ3) is 2.79. The molecule has 1 aliphatic carbocycles. The summed E-state index contributed by atoms with van der Waals surface area (Å²) in [6.07, 6.45) is 6.25. The summed E-state index contributed by atoms with van der Waals surface area (Å²) in [7, 11) is 3.68. The lowest BCUT2D eigenvalue weighted by atomic mass is 9.95. The van der Waals surface area contributed by atoms with Crippen LogP contribution in [0.3, 0.4) is 0 Å². The van der Waals surface area contributed by atoms with Crippen LogP contribution in [-0.2, 0) is 6.42 Å². The Hall–Kier alpha value is -3.06. The van der Waals surface area contributed by atoms with Gasteiger partial charge in [-0.2, -0.15) is 5.10 Å². The molecule has 1 aliphatic rings. The van der Waals surface area contributed by atoms with E-state index in [4.69, 9.17) is 5.41 Å². The predicted octanol–water partition coefficient (Wildman–Crippen LogP) is 3.49. The number of fused-ring (bicyclic) bond motifs is 2. The van der Waals surface area contributed by atoms with E-state index in [1.165, 1.54) is 6.21 Å². The molecule has 28 heavy (non-hydrogen) atoms. The number of allylic oxidation sites excluding steroid dienone is 1. The molecule has 0 fully saturated rings. The van der Waals surface area contributed by atoms with E-state index in [1.54, 1.807) is 19.4 Å². The summed E-state index contributed by atoms with van der Waals surface area (Å²) in [6, 6.07) is 4.13. The van der Waals surface area contributed by atoms with Crippen LogP contribution in [0.15, 0.2) is 24.5 Å². The Morgan fingerprint density at radius 1 is 1.36 bits per heavy atom. The third-order valence-electron chi connectivity index (χ3n) is 5.44. The molecule has 4 N–H and O–H groups in total. The van der Waals surface area contributed by atoms with Gasteiger partial charge in [0.25, 0.3) is 0 Å². The first-order valence-electron chi connectivity index (χ1n) is 9.31. The molecule has 2 aromatic heterocycles. The number of halogens is 1. The maximum absolute atomic E-state index is 15.5. The van der Waals surface area contributed by atoms with Crippen molar-refractivity contribution in [3.63, 3.8) is 0 Å². The van der Waals surface area contributed by atoms with E-state index in [1.807, 2.05) is 20.0 Å². The highest BCUT2D eigenvalue weighted by Crippen LogP contribution is 2.39. The van der Waals surface area contributed by atoms with Crippen molar-refractivity contribution in [3.8, 4) is 11.3 Å². The Bertz CT molecular complexity index is 1100. The fourth-order valence-electron chi connectivity index (χ4n) is 4.07. The minimum Gasteiger partial charge on any atom is -0.393 e. The number of nitrogens with zero attached hydrogens (tertiary/aromatic N) is 2. The van der Waals surface area contributed by atoms with Crippen molar-refractivity contribution in [2.75, 3.05) is 14.1 Å². The van der Waals surface area contributed by atoms with Gasteiger partial charge in [-0.1, -0.05) is 6.07 Å². The van der Waals surface area contributed by atoms with Gasteiger partial charge in [0, 0.05) is 42.0 Å². The zero-order valence-corrected chi connectivity index (χ0v) is 16.2. The molecule has 144 valence electrons. The summed E-state index contributed by atoms with van der Waals surface area (Å²) >= 11 is 0. The number of benzene rings is 1. The maximum Gasteiger partial charge on any atom is 0.136 e. The molecule has 7 heteroatoms. The molecule has 0 radical (unpaired) electrons. The fourth-order valence-corrected chi connectivity index (χ4v) is 4.07. The van der Waals surface area contributed by atoms with Crippen LogP contribution in [0.4, 0.5) is 4.39 Å². The van der Waals surface area contributed by atoms with E-state index in [-0.39, 0.29) is 11.9 Å². The number of nitrogens with one attached hydrogen (secondary N) is 4. The lowest BCUT2D eigenvalue weighted by Gasteiger charge is -2.15. The normalized spacial score (nSPS) is 16.4. The van der Waals surface area contributed by atoms with Gasteiger partial charge in [-0.3, -0.25) is 10.1 Å². The second kappa shape index (κ2) is 7.16. The van der Waals surface area contributed by atoms with Gasteiger partial charge in [0.15, 0.2) is 0 Å². The molecule has 1 aromatic carbocycles. The van der Waals surface area contributed by atoms with Crippen LogP contribution in [0.2, 0.25) is 0 Å². The Kier molecular flexibility index (Phi) is 4.68. The van der Waals surface area contributed by atoms with Gasteiger partial charge in [-0.15, -0.1) is 0 Å². The van der Waals surface area contributed by atoms with Crippen LogP contribution in [0.1, 0.15) is 34.8 Å². The van der Waals surface area contributed by atoms with Crippen molar-refractivity contribution in [2.24, 2.45) is 0 Å². The minimum atomic E-state index is -0.178.